The summed E-state index contributed by atoms with van der Waals surface area (Å²) in [4.78, 5) is 11.8. The monoisotopic (exact) mass is 352 g/mol. The summed E-state index contributed by atoms with van der Waals surface area (Å²) in [6.07, 6.45) is 0.957. The van der Waals surface area contributed by atoms with Crippen LogP contribution in [0.5, 0.6) is 5.75 Å². The Bertz CT molecular complexity index is 677. The molecule has 2 aromatic rings. The number of carbonyl (C=O) groups is 1. The number of benzene rings is 2. The molecule has 0 aliphatic heterocycles. The fraction of sp³-hybridized carbons (Fsp3) is 0.235. The number of nitrogens with one attached hydrogen (secondary N) is 2. The first-order chi connectivity index (χ1) is 11.1. The minimum absolute atomic E-state index is 0.317. The van der Waals surface area contributed by atoms with Crippen LogP contribution in [0.4, 0.5) is 10.5 Å². The van der Waals surface area contributed by atoms with Crippen molar-refractivity contribution in [3.8, 4) is 5.75 Å². The molecule has 2 amide bonds. The summed E-state index contributed by atoms with van der Waals surface area (Å²) in [5.41, 5.74) is 1.68. The first-order valence-electron chi connectivity index (χ1n) is 7.30. The molecule has 0 aliphatic rings. The van der Waals surface area contributed by atoms with E-state index >= 15 is 0 Å². The van der Waals surface area contributed by atoms with Gasteiger partial charge in [0.25, 0.3) is 0 Å². The predicted molar refractivity (Wildman–Crippen MR) is 94.8 cm³/mol. The van der Waals surface area contributed by atoms with Crippen molar-refractivity contribution >= 4 is 34.9 Å². The fourth-order valence-electron chi connectivity index (χ4n) is 1.96. The maximum absolute atomic E-state index is 11.8. The third-order valence-electron chi connectivity index (χ3n) is 3.16. The molecule has 4 nitrogen and oxygen atoms in total. The van der Waals surface area contributed by atoms with Crippen LogP contribution in [0.1, 0.15) is 12.5 Å². The average molecular weight is 353 g/mol. The van der Waals surface area contributed by atoms with Gasteiger partial charge in [-0.25, -0.2) is 4.79 Å². The number of urea groups is 1. The zero-order valence-electron chi connectivity index (χ0n) is 12.7. The molecule has 0 bridgehead atoms. The number of ether oxygens (including phenoxy) is 1. The Morgan fingerprint density at radius 3 is 2.74 bits per heavy atom. The summed E-state index contributed by atoms with van der Waals surface area (Å²) < 4.78 is 5.60. The van der Waals surface area contributed by atoms with Crippen LogP contribution in [0.3, 0.4) is 0 Å². The number of aryl methyl sites for hydroxylation is 1. The molecule has 23 heavy (non-hydrogen) atoms. The van der Waals surface area contributed by atoms with Gasteiger partial charge in [-0.1, -0.05) is 48.3 Å². The molecule has 6 heteroatoms. The summed E-state index contributed by atoms with van der Waals surface area (Å²) in [5, 5.41) is 6.05. The van der Waals surface area contributed by atoms with Gasteiger partial charge in [0.1, 0.15) is 12.4 Å². The molecule has 2 N–H and O–H groups in total. The normalized spacial score (nSPS) is 10.2. The number of anilines is 1. The second-order valence-electron chi connectivity index (χ2n) is 4.83. The van der Waals surface area contributed by atoms with Gasteiger partial charge in [-0.3, -0.25) is 0 Å². The number of halogens is 2. The highest BCUT2D eigenvalue weighted by atomic mass is 35.5. The van der Waals surface area contributed by atoms with E-state index in [0.717, 1.165) is 12.2 Å². The molecule has 0 aromatic heterocycles. The number of rotatable bonds is 6. The largest absolute Gasteiger partial charge is 0.492 e. The van der Waals surface area contributed by atoms with Crippen LogP contribution in [-0.4, -0.2) is 19.2 Å². The van der Waals surface area contributed by atoms with Crippen molar-refractivity contribution in [2.45, 2.75) is 13.3 Å². The van der Waals surface area contributed by atoms with Crippen molar-refractivity contribution in [3.05, 3.63) is 58.1 Å². The lowest BCUT2D eigenvalue weighted by Crippen LogP contribution is -2.32. The SMILES string of the molecule is CCc1cccc(OCCNC(=O)Nc2cccc(Cl)c2Cl)c1. The highest BCUT2D eigenvalue weighted by molar-refractivity contribution is 6.43. The minimum atomic E-state index is -0.361. The standard InChI is InChI=1S/C17H18Cl2N2O2/c1-2-12-5-3-6-13(11-12)23-10-9-20-17(22)21-15-8-4-7-14(18)16(15)19/h3-8,11H,2,9-10H2,1H3,(H2,20,21,22). The Morgan fingerprint density at radius 2 is 1.96 bits per heavy atom. The van der Waals surface area contributed by atoms with E-state index in [4.69, 9.17) is 27.9 Å². The van der Waals surface area contributed by atoms with E-state index in [1.165, 1.54) is 5.56 Å². The second kappa shape index (κ2) is 8.65. The van der Waals surface area contributed by atoms with Crippen molar-refractivity contribution in [2.24, 2.45) is 0 Å². The van der Waals surface area contributed by atoms with Crippen LogP contribution in [-0.2, 0) is 6.42 Å². The van der Waals surface area contributed by atoms with Crippen LogP contribution >= 0.6 is 23.2 Å². The zero-order valence-corrected chi connectivity index (χ0v) is 14.2. The van der Waals surface area contributed by atoms with E-state index in [-0.39, 0.29) is 6.03 Å². The number of hydrogen-bond acceptors (Lipinski definition) is 2. The zero-order chi connectivity index (χ0) is 16.7. The molecule has 0 aliphatic carbocycles. The van der Waals surface area contributed by atoms with E-state index in [1.54, 1.807) is 18.2 Å². The fourth-order valence-corrected chi connectivity index (χ4v) is 2.30. The summed E-state index contributed by atoms with van der Waals surface area (Å²) >= 11 is 11.9. The third kappa shape index (κ3) is 5.34. The molecule has 0 atom stereocenters. The van der Waals surface area contributed by atoms with Crippen LogP contribution in [0.15, 0.2) is 42.5 Å². The summed E-state index contributed by atoms with van der Waals surface area (Å²) in [7, 11) is 0. The van der Waals surface area contributed by atoms with Crippen molar-refractivity contribution in [3.63, 3.8) is 0 Å². The van der Waals surface area contributed by atoms with E-state index in [0.29, 0.717) is 28.9 Å². The van der Waals surface area contributed by atoms with Crippen molar-refractivity contribution in [1.82, 2.24) is 5.32 Å². The molecule has 2 rings (SSSR count). The lowest BCUT2D eigenvalue weighted by molar-refractivity contribution is 0.247. The van der Waals surface area contributed by atoms with Crippen molar-refractivity contribution in [2.75, 3.05) is 18.5 Å². The molecule has 0 unspecified atom stereocenters. The Balaban J connectivity index is 1.75. The quantitative estimate of drug-likeness (QED) is 0.736. The maximum atomic E-state index is 11.8. The van der Waals surface area contributed by atoms with Gasteiger partial charge in [0.2, 0.25) is 0 Å². The highest BCUT2D eigenvalue weighted by Gasteiger charge is 2.07. The van der Waals surface area contributed by atoms with Gasteiger partial charge in [0.15, 0.2) is 0 Å². The first kappa shape index (κ1) is 17.4. The lowest BCUT2D eigenvalue weighted by Gasteiger charge is -2.11. The molecule has 0 saturated carbocycles. The molecular formula is C17H18Cl2N2O2. The van der Waals surface area contributed by atoms with Gasteiger partial charge in [-0.2, -0.15) is 0 Å². The van der Waals surface area contributed by atoms with Crippen LogP contribution in [0, 0.1) is 0 Å². The van der Waals surface area contributed by atoms with Gasteiger partial charge in [-0.05, 0) is 36.2 Å². The van der Waals surface area contributed by atoms with E-state index < -0.39 is 0 Å². The highest BCUT2D eigenvalue weighted by Crippen LogP contribution is 2.29. The summed E-state index contributed by atoms with van der Waals surface area (Å²) in [6, 6.07) is 12.6. The molecule has 0 radical (unpaired) electrons. The topological polar surface area (TPSA) is 50.4 Å². The Kier molecular flexibility index (Phi) is 6.56. The predicted octanol–water partition coefficient (Wildman–Crippen LogP) is 4.76. The van der Waals surface area contributed by atoms with Crippen LogP contribution in [0.2, 0.25) is 10.0 Å². The molecule has 0 saturated heterocycles. The van der Waals surface area contributed by atoms with Gasteiger partial charge < -0.3 is 15.4 Å². The smallest absolute Gasteiger partial charge is 0.319 e. The molecule has 0 spiro atoms. The second-order valence-corrected chi connectivity index (χ2v) is 5.62. The van der Waals surface area contributed by atoms with Gasteiger partial charge >= 0.3 is 6.03 Å². The minimum Gasteiger partial charge on any atom is -0.492 e. The Morgan fingerprint density at radius 1 is 1.17 bits per heavy atom. The molecular weight excluding hydrogens is 335 g/mol. The summed E-state index contributed by atoms with van der Waals surface area (Å²) in [6.45, 7) is 2.84. The number of amides is 2. The molecule has 2 aromatic carbocycles. The maximum Gasteiger partial charge on any atom is 0.319 e. The average Bonchev–Trinajstić information content (AvgIpc) is 2.56. The molecule has 122 valence electrons. The third-order valence-corrected chi connectivity index (χ3v) is 3.98. The van der Waals surface area contributed by atoms with Crippen molar-refractivity contribution in [1.29, 1.82) is 0 Å². The van der Waals surface area contributed by atoms with Gasteiger partial charge in [0, 0.05) is 0 Å². The van der Waals surface area contributed by atoms with Gasteiger partial charge in [0.05, 0.1) is 22.3 Å². The Hall–Kier alpha value is -1.91. The molecule has 0 heterocycles. The van der Waals surface area contributed by atoms with E-state index in [2.05, 4.69) is 17.6 Å². The van der Waals surface area contributed by atoms with E-state index in [1.807, 2.05) is 24.3 Å². The van der Waals surface area contributed by atoms with Crippen molar-refractivity contribution < 1.29 is 9.53 Å². The van der Waals surface area contributed by atoms with E-state index in [9.17, 15) is 4.79 Å². The lowest BCUT2D eigenvalue weighted by atomic mass is 10.2. The molecule has 0 fully saturated rings. The van der Waals surface area contributed by atoms with Crippen LogP contribution < -0.4 is 15.4 Å². The summed E-state index contributed by atoms with van der Waals surface area (Å²) in [5.74, 6) is 0.796. The number of carbonyl (C=O) groups excluding carboxylic acids is 1. The van der Waals surface area contributed by atoms with Crippen LogP contribution in [0.25, 0.3) is 0 Å². The Labute approximate surface area is 145 Å². The first-order valence-corrected chi connectivity index (χ1v) is 8.06. The van der Waals surface area contributed by atoms with Gasteiger partial charge in [-0.15, -0.1) is 0 Å². The number of hydrogen-bond donors (Lipinski definition) is 2.